The number of methoxy groups -OCH3 is 1. The van der Waals surface area contributed by atoms with Crippen LogP contribution in [0.2, 0.25) is 0 Å². The number of hydrogen-bond acceptors (Lipinski definition) is 5. The zero-order chi connectivity index (χ0) is 15.2. The van der Waals surface area contributed by atoms with Crippen molar-refractivity contribution in [2.45, 2.75) is 39.8 Å². The van der Waals surface area contributed by atoms with Gasteiger partial charge in [-0.05, 0) is 23.9 Å². The van der Waals surface area contributed by atoms with Crippen molar-refractivity contribution in [1.29, 1.82) is 0 Å². The Labute approximate surface area is 130 Å². The van der Waals surface area contributed by atoms with E-state index in [1.807, 2.05) is 0 Å². The Morgan fingerprint density at radius 3 is 2.76 bits per heavy atom. The summed E-state index contributed by atoms with van der Waals surface area (Å²) >= 11 is 1.81. The van der Waals surface area contributed by atoms with Crippen molar-refractivity contribution in [2.24, 2.45) is 0 Å². The molecule has 0 amide bonds. The van der Waals surface area contributed by atoms with Crippen LogP contribution < -0.4 is 0 Å². The summed E-state index contributed by atoms with van der Waals surface area (Å²) in [7, 11) is 1.74. The Hall–Kier alpha value is -1.17. The minimum absolute atomic E-state index is 0.373. The summed E-state index contributed by atoms with van der Waals surface area (Å²) in [6, 6.07) is 4.23. The molecule has 0 aliphatic heterocycles. The van der Waals surface area contributed by atoms with Crippen LogP contribution in [0.25, 0.3) is 0 Å². The quantitative estimate of drug-likeness (QED) is 0.743. The van der Waals surface area contributed by atoms with Gasteiger partial charge in [0.2, 0.25) is 0 Å². The van der Waals surface area contributed by atoms with Crippen molar-refractivity contribution in [2.75, 3.05) is 20.3 Å². The van der Waals surface area contributed by atoms with E-state index in [1.165, 1.54) is 10.4 Å². The maximum absolute atomic E-state index is 5.39. The molecule has 0 aliphatic rings. The maximum atomic E-state index is 5.39. The molecular formula is C16H24N2O2S. The average molecular weight is 308 g/mol. The van der Waals surface area contributed by atoms with Crippen LogP contribution >= 0.6 is 11.3 Å². The molecular weight excluding hydrogens is 284 g/mol. The first-order valence-electron chi connectivity index (χ1n) is 7.30. The molecule has 0 unspecified atom stereocenters. The van der Waals surface area contributed by atoms with E-state index in [0.717, 1.165) is 37.7 Å². The Morgan fingerprint density at radius 2 is 2.19 bits per heavy atom. The van der Waals surface area contributed by atoms with E-state index in [9.17, 15) is 0 Å². The largest absolute Gasteiger partial charge is 0.383 e. The van der Waals surface area contributed by atoms with Crippen LogP contribution in [-0.4, -0.2) is 30.3 Å². The maximum Gasteiger partial charge on any atom is 0.139 e. The van der Waals surface area contributed by atoms with E-state index in [-0.39, 0.29) is 0 Å². The molecule has 5 heteroatoms. The van der Waals surface area contributed by atoms with Crippen LogP contribution in [0, 0.1) is 6.92 Å². The number of rotatable bonds is 8. The molecule has 0 aromatic carbocycles. The second-order valence-electron chi connectivity index (χ2n) is 5.61. The molecule has 0 radical (unpaired) electrons. The number of aromatic nitrogens is 1. The molecule has 0 saturated carbocycles. The predicted molar refractivity (Wildman–Crippen MR) is 85.6 cm³/mol. The first kappa shape index (κ1) is 16.2. The Balaban J connectivity index is 2.02. The van der Waals surface area contributed by atoms with Crippen LogP contribution in [0.1, 0.15) is 41.7 Å². The Kier molecular flexibility index (Phi) is 5.96. The fourth-order valence-electron chi connectivity index (χ4n) is 2.11. The molecule has 0 bridgehead atoms. The molecule has 2 aromatic heterocycles. The fourth-order valence-corrected chi connectivity index (χ4v) is 3.05. The summed E-state index contributed by atoms with van der Waals surface area (Å²) in [5.74, 6) is 1.32. The SMILES string of the molecule is COCCN(Cc1cc(C(C)C)on1)Cc1sccc1C. The highest BCUT2D eigenvalue weighted by Gasteiger charge is 2.14. The van der Waals surface area contributed by atoms with Gasteiger partial charge in [0, 0.05) is 43.6 Å². The smallest absolute Gasteiger partial charge is 0.139 e. The number of aryl methyl sites for hydroxylation is 1. The second kappa shape index (κ2) is 7.73. The van der Waals surface area contributed by atoms with Gasteiger partial charge in [0.15, 0.2) is 0 Å². The third-order valence-electron chi connectivity index (χ3n) is 3.48. The standard InChI is InChI=1S/C16H24N2O2S/c1-12(2)15-9-14(17-20-15)10-18(6-7-19-4)11-16-13(3)5-8-21-16/h5,8-9,12H,6-7,10-11H2,1-4H3. The van der Waals surface area contributed by atoms with Gasteiger partial charge < -0.3 is 9.26 Å². The molecule has 0 spiro atoms. The Bertz CT molecular complexity index is 548. The van der Waals surface area contributed by atoms with Crippen molar-refractivity contribution in [3.05, 3.63) is 39.4 Å². The summed E-state index contributed by atoms with van der Waals surface area (Å²) in [6.07, 6.45) is 0. The fraction of sp³-hybridized carbons (Fsp3) is 0.562. The van der Waals surface area contributed by atoms with Gasteiger partial charge in [-0.25, -0.2) is 0 Å². The topological polar surface area (TPSA) is 38.5 Å². The predicted octanol–water partition coefficient (Wildman–Crippen LogP) is 3.82. The highest BCUT2D eigenvalue weighted by atomic mass is 32.1. The van der Waals surface area contributed by atoms with Crippen molar-refractivity contribution in [3.63, 3.8) is 0 Å². The zero-order valence-corrected chi connectivity index (χ0v) is 14.1. The lowest BCUT2D eigenvalue weighted by atomic mass is 10.1. The first-order valence-corrected chi connectivity index (χ1v) is 8.18. The van der Waals surface area contributed by atoms with Gasteiger partial charge in [0.25, 0.3) is 0 Å². The highest BCUT2D eigenvalue weighted by molar-refractivity contribution is 7.10. The van der Waals surface area contributed by atoms with Gasteiger partial charge >= 0.3 is 0 Å². The number of hydrogen-bond donors (Lipinski definition) is 0. The van der Waals surface area contributed by atoms with Gasteiger partial charge in [0.05, 0.1) is 12.3 Å². The van der Waals surface area contributed by atoms with Gasteiger partial charge in [0.1, 0.15) is 5.76 Å². The molecule has 0 saturated heterocycles. The van der Waals surface area contributed by atoms with E-state index in [4.69, 9.17) is 9.26 Å². The molecule has 4 nitrogen and oxygen atoms in total. The number of nitrogens with zero attached hydrogens (tertiary/aromatic N) is 2. The highest BCUT2D eigenvalue weighted by Crippen LogP contribution is 2.20. The van der Waals surface area contributed by atoms with Crippen LogP contribution in [0.15, 0.2) is 22.0 Å². The summed E-state index contributed by atoms with van der Waals surface area (Å²) in [5.41, 5.74) is 2.34. The average Bonchev–Trinajstić information content (AvgIpc) is 3.06. The van der Waals surface area contributed by atoms with Crippen LogP contribution in [0.5, 0.6) is 0 Å². The van der Waals surface area contributed by atoms with E-state index in [2.05, 4.69) is 48.3 Å². The number of thiophene rings is 1. The normalized spacial score (nSPS) is 11.7. The van der Waals surface area contributed by atoms with E-state index in [1.54, 1.807) is 18.4 Å². The lowest BCUT2D eigenvalue weighted by Crippen LogP contribution is -2.26. The lowest BCUT2D eigenvalue weighted by molar-refractivity contribution is 0.139. The minimum atomic E-state index is 0.373. The molecule has 21 heavy (non-hydrogen) atoms. The summed E-state index contributed by atoms with van der Waals surface area (Å²) in [4.78, 5) is 3.75. The van der Waals surface area contributed by atoms with Crippen molar-refractivity contribution < 1.29 is 9.26 Å². The van der Waals surface area contributed by atoms with Gasteiger partial charge in [-0.2, -0.15) is 0 Å². The molecule has 116 valence electrons. The Morgan fingerprint density at radius 1 is 1.38 bits per heavy atom. The minimum Gasteiger partial charge on any atom is -0.383 e. The van der Waals surface area contributed by atoms with Crippen LogP contribution in [-0.2, 0) is 17.8 Å². The molecule has 0 atom stereocenters. The van der Waals surface area contributed by atoms with E-state index >= 15 is 0 Å². The summed E-state index contributed by atoms with van der Waals surface area (Å²) in [6.45, 7) is 9.71. The van der Waals surface area contributed by atoms with Crippen molar-refractivity contribution >= 4 is 11.3 Å². The third-order valence-corrected chi connectivity index (χ3v) is 4.49. The van der Waals surface area contributed by atoms with Gasteiger partial charge in [-0.3, -0.25) is 4.90 Å². The molecule has 2 rings (SSSR count). The molecule has 0 N–H and O–H groups in total. The second-order valence-corrected chi connectivity index (χ2v) is 6.61. The van der Waals surface area contributed by atoms with E-state index in [0.29, 0.717) is 5.92 Å². The molecule has 2 heterocycles. The zero-order valence-electron chi connectivity index (χ0n) is 13.3. The lowest BCUT2D eigenvalue weighted by Gasteiger charge is -2.20. The van der Waals surface area contributed by atoms with Crippen molar-refractivity contribution in [1.82, 2.24) is 10.1 Å². The van der Waals surface area contributed by atoms with E-state index < -0.39 is 0 Å². The van der Waals surface area contributed by atoms with Crippen LogP contribution in [0.4, 0.5) is 0 Å². The van der Waals surface area contributed by atoms with Crippen molar-refractivity contribution in [3.8, 4) is 0 Å². The summed E-state index contributed by atoms with van der Waals surface area (Å²) in [5, 5.41) is 6.33. The molecule has 0 aliphatic carbocycles. The summed E-state index contributed by atoms with van der Waals surface area (Å²) < 4.78 is 10.6. The molecule has 2 aromatic rings. The first-order chi connectivity index (χ1) is 10.1. The number of ether oxygens (including phenoxy) is 1. The third kappa shape index (κ3) is 4.66. The van der Waals surface area contributed by atoms with Crippen LogP contribution in [0.3, 0.4) is 0 Å². The molecule has 0 fully saturated rings. The monoisotopic (exact) mass is 308 g/mol. The van der Waals surface area contributed by atoms with Gasteiger partial charge in [-0.15, -0.1) is 11.3 Å². The van der Waals surface area contributed by atoms with Gasteiger partial charge in [-0.1, -0.05) is 19.0 Å².